The number of aromatic nitrogens is 1. The Balaban J connectivity index is 1.91. The van der Waals surface area contributed by atoms with Crippen LogP contribution < -0.4 is 5.32 Å². The van der Waals surface area contributed by atoms with E-state index in [0.717, 1.165) is 6.54 Å². The van der Waals surface area contributed by atoms with Crippen LogP contribution in [0.4, 0.5) is 0 Å². The summed E-state index contributed by atoms with van der Waals surface area (Å²) < 4.78 is 0. The highest BCUT2D eigenvalue weighted by molar-refractivity contribution is 7.12. The first kappa shape index (κ1) is 11.7. The molecule has 0 spiro atoms. The molecule has 2 aliphatic rings. The lowest BCUT2D eigenvalue weighted by molar-refractivity contribution is 0.237. The Labute approximate surface area is 108 Å². The van der Waals surface area contributed by atoms with Crippen LogP contribution in [0.2, 0.25) is 0 Å². The van der Waals surface area contributed by atoms with Crippen LogP contribution in [-0.2, 0) is 18.4 Å². The minimum absolute atomic E-state index is 0.224. The average molecular weight is 250 g/mol. The van der Waals surface area contributed by atoms with Crippen molar-refractivity contribution in [3.05, 3.63) is 15.6 Å². The van der Waals surface area contributed by atoms with Gasteiger partial charge in [0.25, 0.3) is 0 Å². The van der Waals surface area contributed by atoms with E-state index in [1.807, 2.05) is 11.3 Å². The summed E-state index contributed by atoms with van der Waals surface area (Å²) in [6, 6.07) is 0. The normalized spacial score (nSPS) is 22.6. The third-order valence-electron chi connectivity index (χ3n) is 4.23. The van der Waals surface area contributed by atoms with Crippen LogP contribution in [0.3, 0.4) is 0 Å². The average Bonchev–Trinajstić information content (AvgIpc) is 2.90. The molecule has 94 valence electrons. The fraction of sp³-hybridized carbons (Fsp3) is 0.786. The van der Waals surface area contributed by atoms with E-state index in [0.29, 0.717) is 0 Å². The fourth-order valence-electron chi connectivity index (χ4n) is 3.36. The molecule has 3 rings (SSSR count). The van der Waals surface area contributed by atoms with Crippen molar-refractivity contribution >= 4 is 11.3 Å². The summed E-state index contributed by atoms with van der Waals surface area (Å²) in [6.45, 7) is 3.28. The molecule has 1 N–H and O–H groups in total. The highest BCUT2D eigenvalue weighted by Crippen LogP contribution is 2.41. The van der Waals surface area contributed by atoms with Crippen LogP contribution in [0.25, 0.3) is 0 Å². The maximum atomic E-state index is 4.96. The van der Waals surface area contributed by atoms with Crippen molar-refractivity contribution in [3.63, 3.8) is 0 Å². The molecule has 1 saturated carbocycles. The number of fused-ring (bicyclic) bond motifs is 1. The lowest BCUT2D eigenvalue weighted by atomic mass is 9.82. The smallest absolute Gasteiger partial charge is 0.113 e. The fourth-order valence-corrected chi connectivity index (χ4v) is 4.73. The van der Waals surface area contributed by atoms with Gasteiger partial charge in [0.15, 0.2) is 0 Å². The van der Waals surface area contributed by atoms with Crippen molar-refractivity contribution in [2.75, 3.05) is 6.54 Å². The predicted octanol–water partition coefficient (Wildman–Crippen LogP) is 3.40. The van der Waals surface area contributed by atoms with Gasteiger partial charge in [0, 0.05) is 4.88 Å². The number of nitrogens with zero attached hydrogens (tertiary/aromatic N) is 1. The number of hydrogen-bond donors (Lipinski definition) is 1. The van der Waals surface area contributed by atoms with Crippen LogP contribution in [0, 0.1) is 0 Å². The second-order valence-electron chi connectivity index (χ2n) is 5.42. The molecule has 1 fully saturated rings. The van der Waals surface area contributed by atoms with E-state index in [4.69, 9.17) is 4.98 Å². The molecule has 1 heterocycles. The van der Waals surface area contributed by atoms with E-state index in [9.17, 15) is 0 Å². The molecule has 1 aromatic heterocycles. The van der Waals surface area contributed by atoms with Gasteiger partial charge in [-0.2, -0.15) is 0 Å². The summed E-state index contributed by atoms with van der Waals surface area (Å²) in [5.74, 6) is 0. The third kappa shape index (κ3) is 2.04. The molecular weight excluding hydrogens is 228 g/mol. The summed E-state index contributed by atoms with van der Waals surface area (Å²) in [5, 5.41) is 5.14. The SMILES string of the molecule is CCNC1(c2nc3c(s2)CCC3)CCCCC1. The van der Waals surface area contributed by atoms with Crippen LogP contribution in [-0.4, -0.2) is 11.5 Å². The minimum Gasteiger partial charge on any atom is -0.306 e. The first-order chi connectivity index (χ1) is 8.34. The van der Waals surface area contributed by atoms with Crippen LogP contribution >= 0.6 is 11.3 Å². The van der Waals surface area contributed by atoms with E-state index in [-0.39, 0.29) is 5.54 Å². The van der Waals surface area contributed by atoms with Gasteiger partial charge in [0.1, 0.15) is 5.01 Å². The van der Waals surface area contributed by atoms with Crippen molar-refractivity contribution in [3.8, 4) is 0 Å². The maximum Gasteiger partial charge on any atom is 0.113 e. The second kappa shape index (κ2) is 4.69. The van der Waals surface area contributed by atoms with E-state index < -0.39 is 0 Å². The first-order valence-corrected chi connectivity index (χ1v) is 7.90. The van der Waals surface area contributed by atoms with Crippen LogP contribution in [0.15, 0.2) is 0 Å². The topological polar surface area (TPSA) is 24.9 Å². The number of nitrogens with one attached hydrogen (secondary N) is 1. The zero-order valence-corrected chi connectivity index (χ0v) is 11.5. The van der Waals surface area contributed by atoms with Gasteiger partial charge in [0.05, 0.1) is 11.2 Å². The van der Waals surface area contributed by atoms with Gasteiger partial charge >= 0.3 is 0 Å². The van der Waals surface area contributed by atoms with E-state index in [2.05, 4.69) is 12.2 Å². The molecule has 0 amide bonds. The quantitative estimate of drug-likeness (QED) is 0.889. The molecule has 0 aromatic carbocycles. The predicted molar refractivity (Wildman–Crippen MR) is 72.6 cm³/mol. The Kier molecular flexibility index (Phi) is 3.22. The second-order valence-corrected chi connectivity index (χ2v) is 6.50. The van der Waals surface area contributed by atoms with Crippen LogP contribution in [0.5, 0.6) is 0 Å². The highest BCUT2D eigenvalue weighted by atomic mass is 32.1. The number of hydrogen-bond acceptors (Lipinski definition) is 3. The van der Waals surface area contributed by atoms with E-state index in [1.165, 1.54) is 62.1 Å². The number of aryl methyl sites for hydroxylation is 2. The Morgan fingerprint density at radius 1 is 1.18 bits per heavy atom. The van der Waals surface area contributed by atoms with Gasteiger partial charge in [0.2, 0.25) is 0 Å². The molecule has 0 bridgehead atoms. The molecule has 2 nitrogen and oxygen atoms in total. The summed E-state index contributed by atoms with van der Waals surface area (Å²) >= 11 is 1.99. The zero-order chi connectivity index (χ0) is 11.7. The standard InChI is InChI=1S/C14H22N2S/c1-2-15-14(9-4-3-5-10-14)13-16-11-7-6-8-12(11)17-13/h15H,2-10H2,1H3. The Morgan fingerprint density at radius 3 is 2.71 bits per heavy atom. The molecule has 3 heteroatoms. The molecule has 0 atom stereocenters. The molecular formula is C14H22N2S. The van der Waals surface area contributed by atoms with E-state index in [1.54, 1.807) is 4.88 Å². The lowest BCUT2D eigenvalue weighted by Crippen LogP contribution is -2.43. The molecule has 2 aliphatic carbocycles. The molecule has 0 saturated heterocycles. The third-order valence-corrected chi connectivity index (χ3v) is 5.59. The number of rotatable bonds is 3. The van der Waals surface area contributed by atoms with Gasteiger partial charge in [-0.05, 0) is 38.6 Å². The Hall–Kier alpha value is -0.410. The van der Waals surface area contributed by atoms with Crippen LogP contribution in [0.1, 0.15) is 61.0 Å². The van der Waals surface area contributed by atoms with Crippen molar-refractivity contribution in [2.24, 2.45) is 0 Å². The van der Waals surface area contributed by atoms with Crippen molar-refractivity contribution < 1.29 is 0 Å². The van der Waals surface area contributed by atoms with Crippen molar-refractivity contribution in [2.45, 2.75) is 63.8 Å². The van der Waals surface area contributed by atoms with Gasteiger partial charge in [-0.1, -0.05) is 26.2 Å². The summed E-state index contributed by atoms with van der Waals surface area (Å²) in [5.41, 5.74) is 1.63. The summed E-state index contributed by atoms with van der Waals surface area (Å²) in [7, 11) is 0. The van der Waals surface area contributed by atoms with Gasteiger partial charge < -0.3 is 5.32 Å². The number of thiazole rings is 1. The molecule has 17 heavy (non-hydrogen) atoms. The Morgan fingerprint density at radius 2 is 2.00 bits per heavy atom. The first-order valence-electron chi connectivity index (χ1n) is 7.08. The molecule has 0 aliphatic heterocycles. The van der Waals surface area contributed by atoms with E-state index >= 15 is 0 Å². The van der Waals surface area contributed by atoms with Crippen molar-refractivity contribution in [1.82, 2.24) is 10.3 Å². The lowest BCUT2D eigenvalue weighted by Gasteiger charge is -2.36. The Bertz CT molecular complexity index is 364. The molecule has 0 radical (unpaired) electrons. The molecule has 0 unspecified atom stereocenters. The maximum absolute atomic E-state index is 4.96. The van der Waals surface area contributed by atoms with Gasteiger partial charge in [-0.3, -0.25) is 0 Å². The highest BCUT2D eigenvalue weighted by Gasteiger charge is 2.36. The summed E-state index contributed by atoms with van der Waals surface area (Å²) in [4.78, 5) is 6.53. The monoisotopic (exact) mass is 250 g/mol. The zero-order valence-electron chi connectivity index (χ0n) is 10.7. The molecule has 1 aromatic rings. The van der Waals surface area contributed by atoms with Gasteiger partial charge in [-0.15, -0.1) is 11.3 Å². The largest absolute Gasteiger partial charge is 0.306 e. The minimum atomic E-state index is 0.224. The summed E-state index contributed by atoms with van der Waals surface area (Å²) in [6.07, 6.45) is 10.5. The van der Waals surface area contributed by atoms with Crippen molar-refractivity contribution in [1.29, 1.82) is 0 Å². The van der Waals surface area contributed by atoms with Gasteiger partial charge in [-0.25, -0.2) is 4.98 Å².